The Hall–Kier alpha value is -1.30. The van der Waals surface area contributed by atoms with Crippen molar-refractivity contribution < 1.29 is 24.2 Å². The number of likely N-dealkylation sites (tertiary alicyclic amines) is 1. The third-order valence-electron chi connectivity index (χ3n) is 2.74. The molecule has 2 unspecified atom stereocenters. The minimum absolute atomic E-state index is 0.0446. The van der Waals surface area contributed by atoms with Gasteiger partial charge in [0.15, 0.2) is 0 Å². The second kappa shape index (κ2) is 6.23. The molecule has 19 heavy (non-hydrogen) atoms. The Bertz CT molecular complexity index is 336. The third kappa shape index (κ3) is 5.46. The molecule has 0 spiro atoms. The molecule has 0 radical (unpaired) electrons. The van der Waals surface area contributed by atoms with Crippen LogP contribution < -0.4 is 0 Å². The number of esters is 1. The molecule has 6 nitrogen and oxygen atoms in total. The Morgan fingerprint density at radius 3 is 2.42 bits per heavy atom. The van der Waals surface area contributed by atoms with E-state index < -0.39 is 11.7 Å². The summed E-state index contributed by atoms with van der Waals surface area (Å²) in [4.78, 5) is 24.5. The first-order valence-electron chi connectivity index (χ1n) is 6.47. The van der Waals surface area contributed by atoms with Gasteiger partial charge < -0.3 is 19.5 Å². The van der Waals surface area contributed by atoms with Gasteiger partial charge >= 0.3 is 12.1 Å². The van der Waals surface area contributed by atoms with Crippen molar-refractivity contribution in [1.29, 1.82) is 0 Å². The van der Waals surface area contributed by atoms with Gasteiger partial charge in [-0.1, -0.05) is 0 Å². The van der Waals surface area contributed by atoms with Crippen LogP contribution in [0.2, 0.25) is 0 Å². The normalized spacial score (nSPS) is 23.9. The maximum Gasteiger partial charge on any atom is 0.410 e. The zero-order valence-electron chi connectivity index (χ0n) is 12.0. The van der Waals surface area contributed by atoms with E-state index in [1.165, 1.54) is 11.8 Å². The van der Waals surface area contributed by atoms with Gasteiger partial charge in [0.1, 0.15) is 11.7 Å². The van der Waals surface area contributed by atoms with Crippen LogP contribution >= 0.6 is 0 Å². The number of aliphatic hydroxyl groups is 1. The Kier molecular flexibility index (Phi) is 5.17. The maximum atomic E-state index is 12.0. The number of piperidine rings is 1. The average Bonchev–Trinajstić information content (AvgIpc) is 2.25. The highest BCUT2D eigenvalue weighted by Gasteiger charge is 2.33. The molecule has 0 aromatic heterocycles. The summed E-state index contributed by atoms with van der Waals surface area (Å²) >= 11 is 0. The van der Waals surface area contributed by atoms with E-state index in [9.17, 15) is 14.7 Å². The summed E-state index contributed by atoms with van der Waals surface area (Å²) in [5.41, 5.74) is -0.569. The van der Waals surface area contributed by atoms with Crippen molar-refractivity contribution in [1.82, 2.24) is 4.90 Å². The SMILES string of the molecule is CC(=O)OC1CC(CO)CN(C(=O)OC(C)(C)C)C1. The Balaban J connectivity index is 2.66. The van der Waals surface area contributed by atoms with Crippen LogP contribution in [-0.2, 0) is 14.3 Å². The van der Waals surface area contributed by atoms with Crippen LogP contribution in [0.15, 0.2) is 0 Å². The molecule has 1 aliphatic rings. The lowest BCUT2D eigenvalue weighted by molar-refractivity contribution is -0.150. The van der Waals surface area contributed by atoms with Crippen molar-refractivity contribution in [2.24, 2.45) is 5.92 Å². The summed E-state index contributed by atoms with van der Waals surface area (Å²) in [6, 6.07) is 0. The summed E-state index contributed by atoms with van der Waals surface area (Å²) in [5.74, 6) is -0.474. The molecular formula is C13H23NO5. The molecule has 0 aromatic carbocycles. The molecule has 0 aromatic rings. The molecule has 1 aliphatic heterocycles. The number of aliphatic hydroxyl groups excluding tert-OH is 1. The molecule has 1 fully saturated rings. The summed E-state index contributed by atoms with van der Waals surface area (Å²) in [7, 11) is 0. The second-order valence-electron chi connectivity index (χ2n) is 5.90. The number of hydrogen-bond donors (Lipinski definition) is 1. The van der Waals surface area contributed by atoms with E-state index in [1.54, 1.807) is 20.8 Å². The quantitative estimate of drug-likeness (QED) is 0.764. The smallest absolute Gasteiger partial charge is 0.410 e. The van der Waals surface area contributed by atoms with Crippen molar-refractivity contribution in [3.05, 3.63) is 0 Å². The molecule has 110 valence electrons. The monoisotopic (exact) mass is 273 g/mol. The zero-order chi connectivity index (χ0) is 14.6. The predicted molar refractivity (Wildman–Crippen MR) is 68.6 cm³/mol. The number of carbonyl (C=O) groups excluding carboxylic acids is 2. The van der Waals surface area contributed by atoms with Gasteiger partial charge in [0, 0.05) is 26.0 Å². The molecule has 0 aliphatic carbocycles. The first-order chi connectivity index (χ1) is 8.71. The zero-order valence-corrected chi connectivity index (χ0v) is 12.0. The lowest BCUT2D eigenvalue weighted by Crippen LogP contribution is -2.49. The van der Waals surface area contributed by atoms with Gasteiger partial charge in [-0.25, -0.2) is 4.79 Å². The number of rotatable bonds is 2. The third-order valence-corrected chi connectivity index (χ3v) is 2.74. The van der Waals surface area contributed by atoms with Crippen LogP contribution in [0, 0.1) is 5.92 Å². The molecule has 2 atom stereocenters. The molecular weight excluding hydrogens is 250 g/mol. The van der Waals surface area contributed by atoms with Gasteiger partial charge in [-0.15, -0.1) is 0 Å². The average molecular weight is 273 g/mol. The first kappa shape index (κ1) is 15.8. The van der Waals surface area contributed by atoms with Crippen molar-refractivity contribution >= 4 is 12.1 Å². The van der Waals surface area contributed by atoms with E-state index in [0.717, 1.165) is 0 Å². The molecule has 6 heteroatoms. The molecule has 0 saturated carbocycles. The van der Waals surface area contributed by atoms with E-state index in [-0.39, 0.29) is 24.6 Å². The summed E-state index contributed by atoms with van der Waals surface area (Å²) in [6.07, 6.45) is -0.256. The van der Waals surface area contributed by atoms with Crippen LogP contribution in [0.5, 0.6) is 0 Å². The lowest BCUT2D eigenvalue weighted by atomic mass is 9.97. The van der Waals surface area contributed by atoms with Gasteiger partial charge in [-0.05, 0) is 27.2 Å². The molecule has 1 N–H and O–H groups in total. The van der Waals surface area contributed by atoms with Crippen molar-refractivity contribution in [3.63, 3.8) is 0 Å². The summed E-state index contributed by atoms with van der Waals surface area (Å²) in [6.45, 7) is 7.40. The Labute approximate surface area is 113 Å². The topological polar surface area (TPSA) is 76.1 Å². The lowest BCUT2D eigenvalue weighted by Gasteiger charge is -2.37. The van der Waals surface area contributed by atoms with Gasteiger partial charge in [0.05, 0.1) is 6.54 Å². The summed E-state index contributed by atoms with van der Waals surface area (Å²) in [5, 5.41) is 9.26. The van der Waals surface area contributed by atoms with Crippen LogP contribution in [0.25, 0.3) is 0 Å². The molecule has 1 saturated heterocycles. The van der Waals surface area contributed by atoms with Crippen LogP contribution in [0.4, 0.5) is 4.79 Å². The molecule has 1 amide bonds. The highest BCUT2D eigenvalue weighted by atomic mass is 16.6. The largest absolute Gasteiger partial charge is 0.461 e. The highest BCUT2D eigenvalue weighted by Crippen LogP contribution is 2.21. The second-order valence-corrected chi connectivity index (χ2v) is 5.90. The Morgan fingerprint density at radius 1 is 1.32 bits per heavy atom. The van der Waals surface area contributed by atoms with Gasteiger partial charge in [0.25, 0.3) is 0 Å². The van der Waals surface area contributed by atoms with Crippen molar-refractivity contribution in [2.45, 2.75) is 45.8 Å². The predicted octanol–water partition coefficient (Wildman–Crippen LogP) is 1.17. The van der Waals surface area contributed by atoms with Gasteiger partial charge in [-0.3, -0.25) is 4.79 Å². The van der Waals surface area contributed by atoms with Crippen LogP contribution in [-0.4, -0.2) is 53.5 Å². The minimum atomic E-state index is -0.569. The molecule has 0 bridgehead atoms. The van der Waals surface area contributed by atoms with Gasteiger partial charge in [-0.2, -0.15) is 0 Å². The fraction of sp³-hybridized carbons (Fsp3) is 0.846. The fourth-order valence-corrected chi connectivity index (χ4v) is 2.08. The van der Waals surface area contributed by atoms with E-state index in [2.05, 4.69) is 0 Å². The summed E-state index contributed by atoms with van der Waals surface area (Å²) < 4.78 is 10.4. The standard InChI is InChI=1S/C13H23NO5/c1-9(16)18-11-5-10(8-15)6-14(7-11)12(17)19-13(2,3)4/h10-11,15H,5-8H2,1-4H3. The highest BCUT2D eigenvalue weighted by molar-refractivity contribution is 5.69. The number of amides is 1. The van der Waals surface area contributed by atoms with Gasteiger partial charge in [0.2, 0.25) is 0 Å². The minimum Gasteiger partial charge on any atom is -0.461 e. The van der Waals surface area contributed by atoms with Crippen molar-refractivity contribution in [2.75, 3.05) is 19.7 Å². The van der Waals surface area contributed by atoms with E-state index in [0.29, 0.717) is 19.5 Å². The Morgan fingerprint density at radius 2 is 1.95 bits per heavy atom. The van der Waals surface area contributed by atoms with E-state index in [1.807, 2.05) is 0 Å². The number of hydrogen-bond acceptors (Lipinski definition) is 5. The van der Waals surface area contributed by atoms with Crippen LogP contribution in [0.1, 0.15) is 34.1 Å². The van der Waals surface area contributed by atoms with E-state index in [4.69, 9.17) is 9.47 Å². The van der Waals surface area contributed by atoms with Crippen molar-refractivity contribution in [3.8, 4) is 0 Å². The molecule has 1 heterocycles. The van der Waals surface area contributed by atoms with Crippen LogP contribution in [0.3, 0.4) is 0 Å². The number of ether oxygens (including phenoxy) is 2. The molecule has 1 rings (SSSR count). The maximum absolute atomic E-state index is 12.0. The van der Waals surface area contributed by atoms with E-state index >= 15 is 0 Å². The fourth-order valence-electron chi connectivity index (χ4n) is 2.08. The first-order valence-corrected chi connectivity index (χ1v) is 6.47. The number of nitrogens with zero attached hydrogens (tertiary/aromatic N) is 1. The number of carbonyl (C=O) groups is 2.